The molecule has 0 radical (unpaired) electrons. The first-order chi connectivity index (χ1) is 6.75. The van der Waals surface area contributed by atoms with E-state index in [-0.39, 0.29) is 11.6 Å². The Morgan fingerprint density at radius 2 is 2.43 bits per heavy atom. The monoisotopic (exact) mass is 192 g/mol. The van der Waals surface area contributed by atoms with E-state index in [0.717, 1.165) is 0 Å². The van der Waals surface area contributed by atoms with Gasteiger partial charge in [0.2, 0.25) is 0 Å². The fraction of sp³-hybridized carbons (Fsp3) is 0.143. The molecular weight excluding hydrogens is 184 g/mol. The highest BCUT2D eigenvalue weighted by atomic mass is 16.2. The van der Waals surface area contributed by atoms with Crippen LogP contribution in [0.2, 0.25) is 0 Å². The highest BCUT2D eigenvalue weighted by Crippen LogP contribution is 2.04. The van der Waals surface area contributed by atoms with Crippen LogP contribution in [-0.2, 0) is 7.05 Å². The lowest BCUT2D eigenvalue weighted by atomic mass is 10.4. The van der Waals surface area contributed by atoms with Crippen molar-refractivity contribution in [3.8, 4) is 0 Å². The molecule has 0 unspecified atom stereocenters. The highest BCUT2D eigenvalue weighted by molar-refractivity contribution is 6.02. The number of aromatic nitrogens is 5. The largest absolute Gasteiger partial charge is 0.318 e. The number of hydrogen-bond donors (Lipinski definition) is 2. The molecule has 0 aliphatic carbocycles. The molecule has 7 nitrogen and oxygen atoms in total. The fourth-order valence-electron chi connectivity index (χ4n) is 0.992. The van der Waals surface area contributed by atoms with E-state index in [2.05, 4.69) is 25.8 Å². The first-order valence-corrected chi connectivity index (χ1v) is 3.91. The minimum absolute atomic E-state index is 0.244. The topological polar surface area (TPSA) is 88.5 Å². The summed E-state index contributed by atoms with van der Waals surface area (Å²) in [6, 6.07) is 0. The van der Waals surface area contributed by atoms with Crippen LogP contribution in [0.25, 0.3) is 0 Å². The minimum atomic E-state index is -0.313. The van der Waals surface area contributed by atoms with Crippen molar-refractivity contribution in [3.63, 3.8) is 0 Å². The molecule has 14 heavy (non-hydrogen) atoms. The number of aryl methyl sites for hydroxylation is 1. The van der Waals surface area contributed by atoms with Crippen molar-refractivity contribution in [3.05, 3.63) is 24.3 Å². The van der Waals surface area contributed by atoms with Crippen molar-refractivity contribution >= 4 is 11.6 Å². The summed E-state index contributed by atoms with van der Waals surface area (Å²) in [6.07, 6.45) is 4.60. The van der Waals surface area contributed by atoms with E-state index >= 15 is 0 Å². The van der Waals surface area contributed by atoms with Crippen LogP contribution >= 0.6 is 0 Å². The lowest BCUT2D eigenvalue weighted by Crippen LogP contribution is -2.11. The van der Waals surface area contributed by atoms with Crippen LogP contribution in [0.3, 0.4) is 0 Å². The number of nitrogens with one attached hydrogen (secondary N) is 2. The minimum Gasteiger partial charge on any atom is -0.318 e. The Labute approximate surface area is 79.1 Å². The van der Waals surface area contributed by atoms with Gasteiger partial charge in [-0.15, -0.1) is 0 Å². The zero-order valence-electron chi connectivity index (χ0n) is 7.43. The maximum Gasteiger partial charge on any atom is 0.277 e. The molecule has 2 rings (SSSR count). The van der Waals surface area contributed by atoms with Crippen LogP contribution < -0.4 is 5.32 Å². The second-order valence-corrected chi connectivity index (χ2v) is 2.71. The summed E-state index contributed by atoms with van der Waals surface area (Å²) in [5.41, 5.74) is 0.870. The van der Waals surface area contributed by atoms with E-state index in [9.17, 15) is 4.79 Å². The van der Waals surface area contributed by atoms with E-state index in [1.807, 2.05) is 0 Å². The molecule has 0 atom stereocenters. The number of H-pyrrole nitrogens is 1. The second kappa shape index (κ2) is 3.29. The van der Waals surface area contributed by atoms with Crippen molar-refractivity contribution in [1.29, 1.82) is 0 Å². The Balaban J connectivity index is 2.09. The summed E-state index contributed by atoms with van der Waals surface area (Å²) in [6.45, 7) is 0. The number of carbonyl (C=O) groups is 1. The van der Waals surface area contributed by atoms with Crippen LogP contribution in [0.15, 0.2) is 18.6 Å². The van der Waals surface area contributed by atoms with Crippen LogP contribution in [0.5, 0.6) is 0 Å². The average Bonchev–Trinajstić information content (AvgIpc) is 2.75. The van der Waals surface area contributed by atoms with Gasteiger partial charge in [0.15, 0.2) is 5.69 Å². The maximum absolute atomic E-state index is 11.4. The average molecular weight is 192 g/mol. The third kappa shape index (κ3) is 1.60. The second-order valence-electron chi connectivity index (χ2n) is 2.71. The number of nitrogens with zero attached hydrogens (tertiary/aromatic N) is 4. The van der Waals surface area contributed by atoms with Crippen molar-refractivity contribution in [2.45, 2.75) is 0 Å². The predicted molar refractivity (Wildman–Crippen MR) is 47.5 cm³/mol. The standard InChI is InChI=1S/C7H8N6O/c1-13-4-5(2-9-13)10-7(14)6-3-8-12-11-6/h2-4H,1H3,(H,10,14)(H,8,11,12). The molecule has 0 spiro atoms. The SMILES string of the molecule is Cn1cc(NC(=O)c2cn[nH]n2)cn1. The van der Waals surface area contributed by atoms with Crippen molar-refractivity contribution in [2.24, 2.45) is 7.05 Å². The van der Waals surface area contributed by atoms with E-state index in [0.29, 0.717) is 5.69 Å². The molecule has 0 aromatic carbocycles. The van der Waals surface area contributed by atoms with E-state index in [1.54, 1.807) is 24.1 Å². The number of aromatic amines is 1. The van der Waals surface area contributed by atoms with Gasteiger partial charge in [-0.05, 0) is 0 Å². The Hall–Kier alpha value is -2.18. The first kappa shape index (κ1) is 8.42. The van der Waals surface area contributed by atoms with Gasteiger partial charge in [0.1, 0.15) is 0 Å². The maximum atomic E-state index is 11.4. The van der Waals surface area contributed by atoms with Gasteiger partial charge < -0.3 is 5.32 Å². The Morgan fingerprint density at radius 3 is 3.00 bits per heavy atom. The molecule has 7 heteroatoms. The molecule has 0 bridgehead atoms. The lowest BCUT2D eigenvalue weighted by Gasteiger charge is -1.96. The zero-order valence-corrected chi connectivity index (χ0v) is 7.43. The van der Waals surface area contributed by atoms with Crippen LogP contribution in [-0.4, -0.2) is 31.1 Å². The number of rotatable bonds is 2. The van der Waals surface area contributed by atoms with Gasteiger partial charge in [-0.1, -0.05) is 0 Å². The van der Waals surface area contributed by atoms with Crippen LogP contribution in [0.4, 0.5) is 5.69 Å². The Bertz CT molecular complexity index is 431. The first-order valence-electron chi connectivity index (χ1n) is 3.91. The van der Waals surface area contributed by atoms with Crippen molar-refractivity contribution in [2.75, 3.05) is 5.32 Å². The third-order valence-electron chi connectivity index (χ3n) is 1.61. The molecule has 0 saturated carbocycles. The summed E-state index contributed by atoms with van der Waals surface area (Å²) in [4.78, 5) is 11.4. The molecule has 2 aromatic rings. The zero-order chi connectivity index (χ0) is 9.97. The number of amides is 1. The summed E-state index contributed by atoms with van der Waals surface area (Å²) in [7, 11) is 1.77. The molecule has 1 amide bonds. The molecule has 2 heterocycles. The van der Waals surface area contributed by atoms with Gasteiger partial charge in [-0.25, -0.2) is 0 Å². The quantitative estimate of drug-likeness (QED) is 0.689. The Kier molecular flexibility index (Phi) is 1.98. The molecule has 0 aliphatic heterocycles. The van der Waals surface area contributed by atoms with Gasteiger partial charge in [-0.2, -0.15) is 20.5 Å². The number of carbonyl (C=O) groups excluding carboxylic acids is 1. The molecule has 0 saturated heterocycles. The van der Waals surface area contributed by atoms with E-state index < -0.39 is 0 Å². The number of hydrogen-bond acceptors (Lipinski definition) is 4. The van der Waals surface area contributed by atoms with Gasteiger partial charge in [-0.3, -0.25) is 9.48 Å². The van der Waals surface area contributed by atoms with E-state index in [4.69, 9.17) is 0 Å². The smallest absolute Gasteiger partial charge is 0.277 e. The fourth-order valence-corrected chi connectivity index (χ4v) is 0.992. The molecule has 2 aromatic heterocycles. The van der Waals surface area contributed by atoms with Gasteiger partial charge >= 0.3 is 0 Å². The Morgan fingerprint density at radius 1 is 1.57 bits per heavy atom. The molecule has 0 fully saturated rings. The van der Waals surface area contributed by atoms with E-state index in [1.165, 1.54) is 6.20 Å². The third-order valence-corrected chi connectivity index (χ3v) is 1.61. The van der Waals surface area contributed by atoms with Crippen LogP contribution in [0.1, 0.15) is 10.5 Å². The molecule has 72 valence electrons. The summed E-state index contributed by atoms with van der Waals surface area (Å²) < 4.78 is 1.60. The van der Waals surface area contributed by atoms with Crippen molar-refractivity contribution in [1.82, 2.24) is 25.2 Å². The van der Waals surface area contributed by atoms with Crippen LogP contribution in [0, 0.1) is 0 Å². The van der Waals surface area contributed by atoms with Gasteiger partial charge in [0.05, 0.1) is 18.1 Å². The van der Waals surface area contributed by atoms with Gasteiger partial charge in [0, 0.05) is 13.2 Å². The lowest BCUT2D eigenvalue weighted by molar-refractivity contribution is 0.102. The molecule has 0 aliphatic rings. The highest BCUT2D eigenvalue weighted by Gasteiger charge is 2.09. The normalized spacial score (nSPS) is 10.1. The summed E-state index contributed by atoms with van der Waals surface area (Å²) >= 11 is 0. The summed E-state index contributed by atoms with van der Waals surface area (Å²) in [5, 5.41) is 16.1. The van der Waals surface area contributed by atoms with Gasteiger partial charge in [0.25, 0.3) is 5.91 Å². The number of anilines is 1. The molecule has 2 N–H and O–H groups in total. The molecular formula is C7H8N6O. The summed E-state index contributed by atoms with van der Waals surface area (Å²) in [5.74, 6) is -0.313. The predicted octanol–water partition coefficient (Wildman–Crippen LogP) is -0.210. The van der Waals surface area contributed by atoms with Crippen molar-refractivity contribution < 1.29 is 4.79 Å².